The Kier molecular flexibility index (Phi) is 4.18. The fraction of sp³-hybridized carbons (Fsp3) is 0.133. The minimum absolute atomic E-state index is 0.140. The van der Waals surface area contributed by atoms with E-state index in [-0.39, 0.29) is 11.3 Å². The van der Waals surface area contributed by atoms with Crippen molar-refractivity contribution >= 4 is 11.7 Å². The lowest BCUT2D eigenvalue weighted by molar-refractivity contribution is -0.384. The van der Waals surface area contributed by atoms with Crippen LogP contribution < -0.4 is 4.74 Å². The van der Waals surface area contributed by atoms with E-state index in [4.69, 9.17) is 4.74 Å². The highest BCUT2D eigenvalue weighted by molar-refractivity contribution is 5.92. The maximum absolute atomic E-state index is 11.5. The Morgan fingerprint density at radius 2 is 1.76 bits per heavy atom. The number of hydrogen-bond donors (Lipinski definition) is 0. The molecule has 0 fully saturated rings. The number of benzene rings is 2. The molecule has 0 bridgehead atoms. The molecule has 0 heterocycles. The molecule has 2 aromatic rings. The molecule has 0 saturated heterocycles. The molecule has 0 radical (unpaired) electrons. The Hall–Kier alpha value is -2.89. The number of rotatable bonds is 4. The molecular weight excluding hydrogens is 274 g/mol. The van der Waals surface area contributed by atoms with Crippen LogP contribution in [0, 0.1) is 10.1 Å². The first-order valence-electron chi connectivity index (χ1n) is 6.08. The van der Waals surface area contributed by atoms with Crippen molar-refractivity contribution in [1.29, 1.82) is 0 Å². The average Bonchev–Trinajstić information content (AvgIpc) is 2.53. The van der Waals surface area contributed by atoms with E-state index < -0.39 is 10.9 Å². The standard InChI is InChI=1S/C15H13NO5/c1-20-12-6-3-10(4-7-12)13-8-5-11(15(17)21-2)9-14(13)16(18)19/h3-9H,1-2H3. The van der Waals surface area contributed by atoms with Crippen molar-refractivity contribution in [2.75, 3.05) is 14.2 Å². The highest BCUT2D eigenvalue weighted by Gasteiger charge is 2.19. The van der Waals surface area contributed by atoms with Gasteiger partial charge in [0.1, 0.15) is 5.75 Å². The molecule has 0 unspecified atom stereocenters. The number of nitro benzene ring substituents is 1. The molecule has 0 saturated carbocycles. The smallest absolute Gasteiger partial charge is 0.338 e. The van der Waals surface area contributed by atoms with Crippen molar-refractivity contribution in [3.8, 4) is 16.9 Å². The summed E-state index contributed by atoms with van der Waals surface area (Å²) < 4.78 is 9.62. The van der Waals surface area contributed by atoms with Gasteiger partial charge >= 0.3 is 5.97 Å². The summed E-state index contributed by atoms with van der Waals surface area (Å²) in [5, 5.41) is 11.2. The largest absolute Gasteiger partial charge is 0.497 e. The van der Waals surface area contributed by atoms with Gasteiger partial charge in [-0.25, -0.2) is 4.79 Å². The third kappa shape index (κ3) is 3.00. The fourth-order valence-electron chi connectivity index (χ4n) is 1.94. The van der Waals surface area contributed by atoms with Gasteiger partial charge in [-0.1, -0.05) is 12.1 Å². The van der Waals surface area contributed by atoms with Crippen LogP contribution >= 0.6 is 0 Å². The van der Waals surface area contributed by atoms with E-state index in [1.165, 1.54) is 25.3 Å². The minimum Gasteiger partial charge on any atom is -0.497 e. The molecule has 6 heteroatoms. The minimum atomic E-state index is -0.612. The number of hydrogen-bond acceptors (Lipinski definition) is 5. The fourth-order valence-corrected chi connectivity index (χ4v) is 1.94. The second-order valence-electron chi connectivity index (χ2n) is 4.21. The van der Waals surface area contributed by atoms with Crippen LogP contribution in [-0.2, 0) is 4.74 Å². The van der Waals surface area contributed by atoms with Crippen LogP contribution in [0.3, 0.4) is 0 Å². The van der Waals surface area contributed by atoms with E-state index in [2.05, 4.69) is 4.74 Å². The number of nitro groups is 1. The summed E-state index contributed by atoms with van der Waals surface area (Å²) in [5.74, 6) is 0.0481. The molecule has 6 nitrogen and oxygen atoms in total. The zero-order chi connectivity index (χ0) is 15.4. The third-order valence-corrected chi connectivity index (χ3v) is 3.02. The van der Waals surface area contributed by atoms with Gasteiger partial charge in [-0.3, -0.25) is 10.1 Å². The van der Waals surface area contributed by atoms with Gasteiger partial charge in [0.15, 0.2) is 0 Å². The van der Waals surface area contributed by atoms with Crippen molar-refractivity contribution in [2.45, 2.75) is 0 Å². The molecule has 0 amide bonds. The molecule has 0 aliphatic heterocycles. The molecular formula is C15H13NO5. The summed E-state index contributed by atoms with van der Waals surface area (Å²) in [5.41, 5.74) is 1.08. The van der Waals surface area contributed by atoms with Crippen molar-refractivity contribution in [2.24, 2.45) is 0 Å². The van der Waals surface area contributed by atoms with Gasteiger partial charge in [0, 0.05) is 6.07 Å². The second kappa shape index (κ2) is 6.04. The summed E-state index contributed by atoms with van der Waals surface area (Å²) in [7, 11) is 2.77. The number of esters is 1. The predicted octanol–water partition coefficient (Wildman–Crippen LogP) is 3.06. The highest BCUT2D eigenvalue weighted by atomic mass is 16.6. The van der Waals surface area contributed by atoms with E-state index in [1.807, 2.05) is 0 Å². The molecule has 108 valence electrons. The summed E-state index contributed by atoms with van der Waals surface area (Å²) in [6.07, 6.45) is 0. The van der Waals surface area contributed by atoms with Crippen LogP contribution in [0.1, 0.15) is 10.4 Å². The number of carbonyl (C=O) groups is 1. The Bertz CT molecular complexity index is 679. The summed E-state index contributed by atoms with van der Waals surface area (Å²) >= 11 is 0. The zero-order valence-corrected chi connectivity index (χ0v) is 11.5. The summed E-state index contributed by atoms with van der Waals surface area (Å²) in [6.45, 7) is 0. The van der Waals surface area contributed by atoms with E-state index in [9.17, 15) is 14.9 Å². The molecule has 0 aromatic heterocycles. The van der Waals surface area contributed by atoms with Gasteiger partial charge in [0.2, 0.25) is 0 Å². The highest BCUT2D eigenvalue weighted by Crippen LogP contribution is 2.31. The van der Waals surface area contributed by atoms with E-state index in [1.54, 1.807) is 31.4 Å². The van der Waals surface area contributed by atoms with Crippen LogP contribution in [0.25, 0.3) is 11.1 Å². The maximum Gasteiger partial charge on any atom is 0.338 e. The van der Waals surface area contributed by atoms with Crippen molar-refractivity contribution in [1.82, 2.24) is 0 Å². The monoisotopic (exact) mass is 287 g/mol. The topological polar surface area (TPSA) is 78.7 Å². The van der Waals surface area contributed by atoms with Crippen LogP contribution in [0.4, 0.5) is 5.69 Å². The number of ether oxygens (including phenoxy) is 2. The Morgan fingerprint density at radius 1 is 1.10 bits per heavy atom. The van der Waals surface area contributed by atoms with Crippen molar-refractivity contribution in [3.63, 3.8) is 0 Å². The normalized spacial score (nSPS) is 10.0. The number of methoxy groups -OCH3 is 2. The Labute approximate surface area is 121 Å². The summed E-state index contributed by atoms with van der Waals surface area (Å²) in [4.78, 5) is 22.1. The van der Waals surface area contributed by atoms with Gasteiger partial charge in [0.05, 0.1) is 30.3 Å². The zero-order valence-electron chi connectivity index (χ0n) is 11.5. The third-order valence-electron chi connectivity index (χ3n) is 3.02. The SMILES string of the molecule is COC(=O)c1ccc(-c2ccc(OC)cc2)c([N+](=O)[O-])c1. The molecule has 0 aliphatic rings. The van der Waals surface area contributed by atoms with Crippen LogP contribution in [-0.4, -0.2) is 25.1 Å². The Morgan fingerprint density at radius 3 is 2.29 bits per heavy atom. The average molecular weight is 287 g/mol. The van der Waals surface area contributed by atoms with Crippen molar-refractivity contribution < 1.29 is 19.2 Å². The van der Waals surface area contributed by atoms with E-state index in [0.717, 1.165) is 0 Å². The van der Waals surface area contributed by atoms with Crippen molar-refractivity contribution in [3.05, 3.63) is 58.1 Å². The Balaban J connectivity index is 2.51. The molecule has 21 heavy (non-hydrogen) atoms. The second-order valence-corrected chi connectivity index (χ2v) is 4.21. The van der Waals surface area contributed by atoms with Crippen LogP contribution in [0.2, 0.25) is 0 Å². The first-order valence-corrected chi connectivity index (χ1v) is 6.08. The molecule has 0 spiro atoms. The quantitative estimate of drug-likeness (QED) is 0.490. The number of nitrogens with zero attached hydrogens (tertiary/aromatic N) is 1. The summed E-state index contributed by atoms with van der Waals surface area (Å²) in [6, 6.07) is 11.1. The van der Waals surface area contributed by atoms with Crippen LogP contribution in [0.15, 0.2) is 42.5 Å². The lowest BCUT2D eigenvalue weighted by Gasteiger charge is -2.06. The van der Waals surface area contributed by atoms with Gasteiger partial charge < -0.3 is 9.47 Å². The number of carbonyl (C=O) groups excluding carboxylic acids is 1. The molecule has 0 N–H and O–H groups in total. The first-order chi connectivity index (χ1) is 10.1. The van der Waals surface area contributed by atoms with E-state index >= 15 is 0 Å². The lowest BCUT2D eigenvalue weighted by atomic mass is 10.0. The van der Waals surface area contributed by atoms with Crippen LogP contribution in [0.5, 0.6) is 5.75 Å². The van der Waals surface area contributed by atoms with Gasteiger partial charge in [-0.05, 0) is 29.8 Å². The molecule has 2 rings (SSSR count). The van der Waals surface area contributed by atoms with Gasteiger partial charge in [0.25, 0.3) is 5.69 Å². The molecule has 0 atom stereocenters. The van der Waals surface area contributed by atoms with E-state index in [0.29, 0.717) is 16.9 Å². The van der Waals surface area contributed by atoms with Gasteiger partial charge in [-0.15, -0.1) is 0 Å². The first kappa shape index (κ1) is 14.5. The predicted molar refractivity (Wildman–Crippen MR) is 76.4 cm³/mol. The maximum atomic E-state index is 11.5. The van der Waals surface area contributed by atoms with Gasteiger partial charge in [-0.2, -0.15) is 0 Å². The molecule has 2 aromatic carbocycles. The lowest BCUT2D eigenvalue weighted by Crippen LogP contribution is -2.02. The molecule has 0 aliphatic carbocycles.